The Morgan fingerprint density at radius 3 is 3.04 bits per heavy atom. The molecule has 1 atom stereocenters. The van der Waals surface area contributed by atoms with Crippen LogP contribution in [0.4, 0.5) is 0 Å². The van der Waals surface area contributed by atoms with Crippen LogP contribution in [-0.4, -0.2) is 45.1 Å². The molecule has 2 aliphatic rings. The SMILES string of the molecule is N#Cc1nccnc1O[C@H]1CCN(C(=O)c2noc3c2CCCC3)C1. The van der Waals surface area contributed by atoms with Crippen LogP contribution in [0.25, 0.3) is 0 Å². The third-order valence-electron chi connectivity index (χ3n) is 4.63. The van der Waals surface area contributed by atoms with Crippen molar-refractivity contribution in [2.75, 3.05) is 13.1 Å². The van der Waals surface area contributed by atoms with E-state index >= 15 is 0 Å². The molecular weight excluding hydrogens is 322 g/mol. The third kappa shape index (κ3) is 2.93. The van der Waals surface area contributed by atoms with Crippen molar-refractivity contribution in [3.8, 4) is 11.9 Å². The molecule has 8 heteroatoms. The van der Waals surface area contributed by atoms with Crippen molar-refractivity contribution >= 4 is 5.91 Å². The monoisotopic (exact) mass is 339 g/mol. The number of aryl methyl sites for hydroxylation is 1. The van der Waals surface area contributed by atoms with E-state index in [1.54, 1.807) is 4.90 Å². The number of carbonyl (C=O) groups is 1. The highest BCUT2D eigenvalue weighted by molar-refractivity contribution is 5.94. The van der Waals surface area contributed by atoms with Gasteiger partial charge in [-0.2, -0.15) is 5.26 Å². The molecular formula is C17H17N5O3. The van der Waals surface area contributed by atoms with Crippen LogP contribution >= 0.6 is 0 Å². The van der Waals surface area contributed by atoms with Gasteiger partial charge in [-0.3, -0.25) is 4.79 Å². The van der Waals surface area contributed by atoms with Gasteiger partial charge in [0.25, 0.3) is 11.8 Å². The van der Waals surface area contributed by atoms with Gasteiger partial charge >= 0.3 is 0 Å². The Balaban J connectivity index is 1.45. The molecule has 25 heavy (non-hydrogen) atoms. The highest BCUT2D eigenvalue weighted by Gasteiger charge is 2.33. The summed E-state index contributed by atoms with van der Waals surface area (Å²) in [6.07, 6.45) is 7.23. The van der Waals surface area contributed by atoms with Gasteiger partial charge in [0.2, 0.25) is 5.69 Å². The maximum atomic E-state index is 12.8. The maximum absolute atomic E-state index is 12.8. The Morgan fingerprint density at radius 2 is 2.16 bits per heavy atom. The predicted octanol–water partition coefficient (Wildman–Crippen LogP) is 1.51. The molecule has 1 aliphatic carbocycles. The average molecular weight is 339 g/mol. The number of nitriles is 1. The third-order valence-corrected chi connectivity index (χ3v) is 4.63. The first-order valence-electron chi connectivity index (χ1n) is 8.40. The summed E-state index contributed by atoms with van der Waals surface area (Å²) in [7, 11) is 0. The Hall–Kier alpha value is -2.95. The minimum absolute atomic E-state index is 0.113. The first-order chi connectivity index (χ1) is 12.3. The zero-order valence-electron chi connectivity index (χ0n) is 13.6. The van der Waals surface area contributed by atoms with Crippen molar-refractivity contribution in [2.45, 2.75) is 38.2 Å². The molecule has 0 N–H and O–H groups in total. The zero-order valence-corrected chi connectivity index (χ0v) is 13.6. The van der Waals surface area contributed by atoms with Crippen molar-refractivity contribution in [2.24, 2.45) is 0 Å². The molecule has 4 rings (SSSR count). The molecule has 1 fully saturated rings. The largest absolute Gasteiger partial charge is 0.470 e. The lowest BCUT2D eigenvalue weighted by molar-refractivity contribution is 0.0760. The number of likely N-dealkylation sites (tertiary alicyclic amines) is 1. The summed E-state index contributed by atoms with van der Waals surface area (Å²) in [5, 5.41) is 13.1. The van der Waals surface area contributed by atoms with Crippen LogP contribution in [0.5, 0.6) is 5.88 Å². The Bertz CT molecular complexity index is 841. The summed E-state index contributed by atoms with van der Waals surface area (Å²) >= 11 is 0. The van der Waals surface area contributed by atoms with E-state index in [2.05, 4.69) is 15.1 Å². The van der Waals surface area contributed by atoms with Crippen molar-refractivity contribution in [1.29, 1.82) is 5.26 Å². The number of amides is 1. The predicted molar refractivity (Wildman–Crippen MR) is 84.8 cm³/mol. The van der Waals surface area contributed by atoms with Crippen molar-refractivity contribution in [1.82, 2.24) is 20.0 Å². The van der Waals surface area contributed by atoms with E-state index in [1.807, 2.05) is 6.07 Å². The molecule has 1 saturated heterocycles. The fourth-order valence-electron chi connectivity index (χ4n) is 3.36. The van der Waals surface area contributed by atoms with E-state index in [9.17, 15) is 4.79 Å². The maximum Gasteiger partial charge on any atom is 0.276 e. The van der Waals surface area contributed by atoms with Gasteiger partial charge in [0.1, 0.15) is 17.9 Å². The second kappa shape index (κ2) is 6.51. The Labute approximate surface area is 144 Å². The molecule has 0 bridgehead atoms. The van der Waals surface area contributed by atoms with Gasteiger partial charge in [0.15, 0.2) is 5.69 Å². The number of hydrogen-bond acceptors (Lipinski definition) is 7. The smallest absolute Gasteiger partial charge is 0.276 e. The topological polar surface area (TPSA) is 105 Å². The normalized spacial score (nSPS) is 19.3. The molecule has 1 aliphatic heterocycles. The van der Waals surface area contributed by atoms with E-state index in [4.69, 9.17) is 14.5 Å². The molecule has 128 valence electrons. The highest BCUT2D eigenvalue weighted by Crippen LogP contribution is 2.26. The minimum Gasteiger partial charge on any atom is -0.470 e. The van der Waals surface area contributed by atoms with Gasteiger partial charge in [-0.1, -0.05) is 5.16 Å². The average Bonchev–Trinajstić information content (AvgIpc) is 3.28. The van der Waals surface area contributed by atoms with Crippen molar-refractivity contribution < 1.29 is 14.1 Å². The number of fused-ring (bicyclic) bond motifs is 1. The second-order valence-electron chi connectivity index (χ2n) is 6.24. The molecule has 0 spiro atoms. The summed E-state index contributed by atoms with van der Waals surface area (Å²) in [6, 6.07) is 1.96. The van der Waals surface area contributed by atoms with Gasteiger partial charge in [-0.15, -0.1) is 0 Å². The molecule has 0 unspecified atom stereocenters. The number of nitrogens with zero attached hydrogens (tertiary/aromatic N) is 5. The van der Waals surface area contributed by atoms with Crippen LogP contribution < -0.4 is 4.74 Å². The highest BCUT2D eigenvalue weighted by atomic mass is 16.5. The molecule has 0 aromatic carbocycles. The van der Waals surface area contributed by atoms with Crippen LogP contribution in [0.15, 0.2) is 16.9 Å². The van der Waals surface area contributed by atoms with Gasteiger partial charge in [0.05, 0.1) is 6.54 Å². The Kier molecular flexibility index (Phi) is 4.06. The van der Waals surface area contributed by atoms with Gasteiger partial charge < -0.3 is 14.2 Å². The van der Waals surface area contributed by atoms with Crippen LogP contribution in [0.2, 0.25) is 0 Å². The minimum atomic E-state index is -0.213. The van der Waals surface area contributed by atoms with E-state index in [0.717, 1.165) is 37.0 Å². The van der Waals surface area contributed by atoms with E-state index < -0.39 is 0 Å². The van der Waals surface area contributed by atoms with Crippen LogP contribution in [0.3, 0.4) is 0 Å². The van der Waals surface area contributed by atoms with Crippen molar-refractivity contribution in [3.05, 3.63) is 35.1 Å². The molecule has 0 saturated carbocycles. The first-order valence-corrected chi connectivity index (χ1v) is 8.40. The number of rotatable bonds is 3. The molecule has 1 amide bonds. The summed E-state index contributed by atoms with van der Waals surface area (Å²) < 4.78 is 11.1. The van der Waals surface area contributed by atoms with E-state index in [-0.39, 0.29) is 23.6 Å². The van der Waals surface area contributed by atoms with E-state index in [0.29, 0.717) is 25.2 Å². The first kappa shape index (κ1) is 15.6. The number of aromatic nitrogens is 3. The molecule has 3 heterocycles. The standard InChI is InChI=1S/C17H17N5O3/c18-9-13-16(20-7-6-19-13)24-11-5-8-22(10-11)17(23)15-12-3-1-2-4-14(12)25-21-15/h6-7,11H,1-5,8,10H2/t11-/m0/s1. The Morgan fingerprint density at radius 1 is 1.32 bits per heavy atom. The summed E-state index contributed by atoms with van der Waals surface area (Å²) in [5.74, 6) is 0.945. The molecule has 8 nitrogen and oxygen atoms in total. The molecule has 2 aromatic rings. The van der Waals surface area contributed by atoms with Gasteiger partial charge in [0, 0.05) is 37.3 Å². The lowest BCUT2D eigenvalue weighted by atomic mass is 9.96. The quantitative estimate of drug-likeness (QED) is 0.834. The number of carbonyl (C=O) groups excluding carboxylic acids is 1. The second-order valence-corrected chi connectivity index (χ2v) is 6.24. The summed E-state index contributed by atoms with van der Waals surface area (Å²) in [6.45, 7) is 1.01. The number of ether oxygens (including phenoxy) is 1. The summed E-state index contributed by atoms with van der Waals surface area (Å²) in [5.41, 5.74) is 1.55. The van der Waals surface area contributed by atoms with Crippen LogP contribution in [0.1, 0.15) is 46.8 Å². The fraction of sp³-hybridized carbons (Fsp3) is 0.471. The summed E-state index contributed by atoms with van der Waals surface area (Å²) in [4.78, 5) is 22.5. The van der Waals surface area contributed by atoms with Crippen LogP contribution in [-0.2, 0) is 12.8 Å². The van der Waals surface area contributed by atoms with Crippen LogP contribution in [0, 0.1) is 11.3 Å². The van der Waals surface area contributed by atoms with Gasteiger partial charge in [-0.05, 0) is 19.3 Å². The number of hydrogen-bond donors (Lipinski definition) is 0. The van der Waals surface area contributed by atoms with Gasteiger partial charge in [-0.25, -0.2) is 9.97 Å². The molecule has 2 aromatic heterocycles. The molecule has 0 radical (unpaired) electrons. The lowest BCUT2D eigenvalue weighted by Crippen LogP contribution is -2.32. The van der Waals surface area contributed by atoms with E-state index in [1.165, 1.54) is 12.4 Å². The zero-order chi connectivity index (χ0) is 17.2. The fourth-order valence-corrected chi connectivity index (χ4v) is 3.36. The lowest BCUT2D eigenvalue weighted by Gasteiger charge is -2.17. The van der Waals surface area contributed by atoms with Crippen molar-refractivity contribution in [3.63, 3.8) is 0 Å².